The molecule has 0 radical (unpaired) electrons. The summed E-state index contributed by atoms with van der Waals surface area (Å²) in [5, 5.41) is 19.9. The fourth-order valence-corrected chi connectivity index (χ4v) is 3.79. The first kappa shape index (κ1) is 18.3. The smallest absolute Gasteiger partial charge is 0.304 e. The van der Waals surface area contributed by atoms with Crippen molar-refractivity contribution in [3.8, 4) is 0 Å². The molecule has 2 aromatic carbocycles. The average Bonchev–Trinajstić information content (AvgIpc) is 2.67. The van der Waals surface area contributed by atoms with Crippen LogP contribution in [0, 0.1) is 0 Å². The number of benzene rings is 2. The number of carboxylic acids is 1. The normalized spacial score (nSPS) is 17.4. The Labute approximate surface area is 153 Å². The van der Waals surface area contributed by atoms with Crippen molar-refractivity contribution < 1.29 is 19.8 Å². The van der Waals surface area contributed by atoms with Gasteiger partial charge in [-0.3, -0.25) is 9.59 Å². The molecule has 1 aliphatic carbocycles. The third kappa shape index (κ3) is 4.02. The van der Waals surface area contributed by atoms with E-state index in [0.717, 1.165) is 30.4 Å². The van der Waals surface area contributed by atoms with Crippen LogP contribution in [0.3, 0.4) is 0 Å². The van der Waals surface area contributed by atoms with E-state index in [-0.39, 0.29) is 18.1 Å². The van der Waals surface area contributed by atoms with Crippen molar-refractivity contribution in [1.82, 2.24) is 0 Å². The molecule has 0 aromatic heterocycles. The lowest BCUT2D eigenvalue weighted by Gasteiger charge is -2.30. The molecule has 136 valence electrons. The summed E-state index contributed by atoms with van der Waals surface area (Å²) in [4.78, 5) is 24.0. The van der Waals surface area contributed by atoms with Gasteiger partial charge in [-0.25, -0.2) is 0 Å². The van der Waals surface area contributed by atoms with Gasteiger partial charge >= 0.3 is 5.97 Å². The standard InChI is InChI=1S/C22H24O4/c23-20(24)15-19(16-7-3-1-4-8-16)17-9-11-18(12-10-17)21(25)22(26)13-5-2-6-14-22/h1,3-4,7-12,19,26H,2,5-6,13-15H2,(H,23,24). The summed E-state index contributed by atoms with van der Waals surface area (Å²) in [6.45, 7) is 0. The van der Waals surface area contributed by atoms with Crippen molar-refractivity contribution in [2.75, 3.05) is 0 Å². The maximum Gasteiger partial charge on any atom is 0.304 e. The molecule has 0 bridgehead atoms. The van der Waals surface area contributed by atoms with Crippen LogP contribution in [0.15, 0.2) is 54.6 Å². The van der Waals surface area contributed by atoms with E-state index in [1.807, 2.05) is 30.3 Å². The molecule has 0 amide bonds. The minimum Gasteiger partial charge on any atom is -0.481 e. The molecule has 0 spiro atoms. The summed E-state index contributed by atoms with van der Waals surface area (Å²) < 4.78 is 0. The quantitative estimate of drug-likeness (QED) is 0.765. The number of carbonyl (C=O) groups excluding carboxylic acids is 1. The lowest BCUT2D eigenvalue weighted by molar-refractivity contribution is -0.137. The summed E-state index contributed by atoms with van der Waals surface area (Å²) in [5.74, 6) is -1.36. The molecule has 1 atom stereocenters. The van der Waals surface area contributed by atoms with Crippen LogP contribution in [0.5, 0.6) is 0 Å². The van der Waals surface area contributed by atoms with Crippen molar-refractivity contribution in [2.24, 2.45) is 0 Å². The van der Waals surface area contributed by atoms with Crippen LogP contribution in [0.4, 0.5) is 0 Å². The molecule has 3 rings (SSSR count). The minimum atomic E-state index is -1.25. The van der Waals surface area contributed by atoms with Crippen molar-refractivity contribution in [3.05, 3.63) is 71.3 Å². The summed E-state index contributed by atoms with van der Waals surface area (Å²) >= 11 is 0. The number of rotatable bonds is 6. The Hall–Kier alpha value is -2.46. The largest absolute Gasteiger partial charge is 0.481 e. The van der Waals surface area contributed by atoms with Gasteiger partial charge in [0.25, 0.3) is 0 Å². The van der Waals surface area contributed by atoms with Crippen molar-refractivity contribution in [3.63, 3.8) is 0 Å². The number of carbonyl (C=O) groups is 2. The summed E-state index contributed by atoms with van der Waals surface area (Å²) in [7, 11) is 0. The molecule has 1 saturated carbocycles. The van der Waals surface area contributed by atoms with Crippen LogP contribution >= 0.6 is 0 Å². The van der Waals surface area contributed by atoms with E-state index in [0.29, 0.717) is 18.4 Å². The molecule has 2 aromatic rings. The molecule has 0 heterocycles. The zero-order valence-electron chi connectivity index (χ0n) is 14.7. The monoisotopic (exact) mass is 352 g/mol. The van der Waals surface area contributed by atoms with Crippen molar-refractivity contribution in [1.29, 1.82) is 0 Å². The minimum absolute atomic E-state index is 0.0127. The molecule has 1 fully saturated rings. The predicted molar refractivity (Wildman–Crippen MR) is 99.3 cm³/mol. The molecule has 1 aliphatic rings. The molecule has 2 N–H and O–H groups in total. The molecule has 0 saturated heterocycles. The maximum absolute atomic E-state index is 12.7. The first-order chi connectivity index (χ1) is 12.5. The van der Waals surface area contributed by atoms with E-state index in [2.05, 4.69) is 0 Å². The highest BCUT2D eigenvalue weighted by atomic mass is 16.4. The van der Waals surface area contributed by atoms with Gasteiger partial charge in [0.05, 0.1) is 6.42 Å². The molecule has 26 heavy (non-hydrogen) atoms. The van der Waals surface area contributed by atoms with Gasteiger partial charge < -0.3 is 10.2 Å². The summed E-state index contributed by atoms with van der Waals surface area (Å²) in [5.41, 5.74) is 1.02. The van der Waals surface area contributed by atoms with Crippen molar-refractivity contribution in [2.45, 2.75) is 50.0 Å². The lowest BCUT2D eigenvalue weighted by atomic mass is 9.79. The van der Waals surface area contributed by atoms with Gasteiger partial charge in [-0.2, -0.15) is 0 Å². The van der Waals surface area contributed by atoms with Crippen LogP contribution in [0.25, 0.3) is 0 Å². The molecule has 4 nitrogen and oxygen atoms in total. The zero-order chi connectivity index (χ0) is 18.6. The molecular formula is C22H24O4. The van der Waals surface area contributed by atoms with Crippen molar-refractivity contribution >= 4 is 11.8 Å². The fraction of sp³-hybridized carbons (Fsp3) is 0.364. The van der Waals surface area contributed by atoms with E-state index in [9.17, 15) is 19.8 Å². The SMILES string of the molecule is O=C(O)CC(c1ccccc1)c1ccc(C(=O)C2(O)CCCCC2)cc1. The molecule has 0 aliphatic heterocycles. The topological polar surface area (TPSA) is 74.6 Å². The van der Waals surface area contributed by atoms with Gasteiger partial charge in [-0.1, -0.05) is 73.9 Å². The third-order valence-corrected chi connectivity index (χ3v) is 5.26. The van der Waals surface area contributed by atoms with Gasteiger partial charge in [0, 0.05) is 11.5 Å². The van der Waals surface area contributed by atoms with E-state index in [1.54, 1.807) is 24.3 Å². The van der Waals surface area contributed by atoms with E-state index in [4.69, 9.17) is 0 Å². The van der Waals surface area contributed by atoms with Gasteiger partial charge in [-0.05, 0) is 24.0 Å². The van der Waals surface area contributed by atoms with Crippen LogP contribution in [0.2, 0.25) is 0 Å². The Morgan fingerprint density at radius 1 is 0.885 bits per heavy atom. The third-order valence-electron chi connectivity index (χ3n) is 5.26. The lowest BCUT2D eigenvalue weighted by Crippen LogP contribution is -2.40. The van der Waals surface area contributed by atoms with Crippen LogP contribution < -0.4 is 0 Å². The maximum atomic E-state index is 12.7. The Morgan fingerprint density at radius 3 is 2.04 bits per heavy atom. The number of Topliss-reactive ketones (excluding diaryl/α,β-unsaturated/α-hetero) is 1. The Kier molecular flexibility index (Phi) is 5.52. The highest BCUT2D eigenvalue weighted by molar-refractivity contribution is 6.02. The average molecular weight is 352 g/mol. The van der Waals surface area contributed by atoms with Gasteiger partial charge in [0.15, 0.2) is 5.78 Å². The Bertz CT molecular complexity index is 758. The first-order valence-corrected chi connectivity index (χ1v) is 9.13. The second kappa shape index (κ2) is 7.83. The number of carboxylic acid groups (broad SMARTS) is 1. The second-order valence-electron chi connectivity index (χ2n) is 7.10. The second-order valence-corrected chi connectivity index (χ2v) is 7.10. The predicted octanol–water partition coefficient (Wildman–Crippen LogP) is 4.17. The van der Waals surface area contributed by atoms with E-state index < -0.39 is 11.6 Å². The first-order valence-electron chi connectivity index (χ1n) is 9.13. The molecular weight excluding hydrogens is 328 g/mol. The van der Waals surface area contributed by atoms with Crippen LogP contribution in [-0.4, -0.2) is 27.6 Å². The Balaban J connectivity index is 1.85. The summed E-state index contributed by atoms with van der Waals surface area (Å²) in [6, 6.07) is 16.5. The number of aliphatic carboxylic acids is 1. The van der Waals surface area contributed by atoms with E-state index in [1.165, 1.54) is 0 Å². The van der Waals surface area contributed by atoms with Gasteiger partial charge in [-0.15, -0.1) is 0 Å². The summed E-state index contributed by atoms with van der Waals surface area (Å²) in [6.07, 6.45) is 3.81. The highest BCUT2D eigenvalue weighted by Gasteiger charge is 2.37. The number of aliphatic hydroxyl groups is 1. The van der Waals surface area contributed by atoms with Crippen LogP contribution in [-0.2, 0) is 4.79 Å². The van der Waals surface area contributed by atoms with Gasteiger partial charge in [0.2, 0.25) is 0 Å². The Morgan fingerprint density at radius 2 is 1.46 bits per heavy atom. The highest BCUT2D eigenvalue weighted by Crippen LogP contribution is 2.32. The van der Waals surface area contributed by atoms with Gasteiger partial charge in [0.1, 0.15) is 5.60 Å². The van der Waals surface area contributed by atoms with E-state index >= 15 is 0 Å². The zero-order valence-corrected chi connectivity index (χ0v) is 14.7. The number of hydrogen-bond acceptors (Lipinski definition) is 3. The number of ketones is 1. The molecule has 4 heteroatoms. The fourth-order valence-electron chi connectivity index (χ4n) is 3.79. The van der Waals surface area contributed by atoms with Crippen LogP contribution in [0.1, 0.15) is 65.9 Å². The number of hydrogen-bond donors (Lipinski definition) is 2. The molecule has 1 unspecified atom stereocenters.